The highest BCUT2D eigenvalue weighted by Gasteiger charge is 2.09. The molecule has 2 rings (SSSR count). The van der Waals surface area contributed by atoms with Crippen molar-refractivity contribution in [3.05, 3.63) is 40.0 Å². The Morgan fingerprint density at radius 1 is 1.44 bits per heavy atom. The van der Waals surface area contributed by atoms with Crippen molar-refractivity contribution in [2.75, 3.05) is 0 Å². The van der Waals surface area contributed by atoms with Gasteiger partial charge in [-0.1, -0.05) is 17.7 Å². The van der Waals surface area contributed by atoms with E-state index in [0.29, 0.717) is 10.6 Å². The molecule has 0 saturated heterocycles. The van der Waals surface area contributed by atoms with Crippen LogP contribution in [0.15, 0.2) is 23.7 Å². The SMILES string of the molecule is CC(=O)c1ccc(-c2scnc2C)cc1Cl. The van der Waals surface area contributed by atoms with Crippen LogP contribution in [-0.2, 0) is 0 Å². The highest BCUT2D eigenvalue weighted by atomic mass is 35.5. The highest BCUT2D eigenvalue weighted by Crippen LogP contribution is 2.30. The maximum Gasteiger partial charge on any atom is 0.161 e. The predicted octanol–water partition coefficient (Wildman–Crippen LogP) is 3.97. The zero-order valence-electron chi connectivity index (χ0n) is 8.95. The van der Waals surface area contributed by atoms with Crippen LogP contribution >= 0.6 is 22.9 Å². The topological polar surface area (TPSA) is 30.0 Å². The Morgan fingerprint density at radius 2 is 2.19 bits per heavy atom. The fraction of sp³-hybridized carbons (Fsp3) is 0.167. The molecule has 1 aromatic heterocycles. The van der Waals surface area contributed by atoms with Gasteiger partial charge in [-0.05, 0) is 31.5 Å². The fourth-order valence-corrected chi connectivity index (χ4v) is 2.64. The maximum atomic E-state index is 11.2. The standard InChI is InChI=1S/C12H10ClNOS/c1-7-12(16-6-14-7)9-3-4-10(8(2)15)11(13)5-9/h3-6H,1-2H3. The molecule has 0 unspecified atom stereocenters. The van der Waals surface area contributed by atoms with Crippen LogP contribution in [0.25, 0.3) is 10.4 Å². The molecule has 0 aliphatic heterocycles. The average molecular weight is 252 g/mol. The minimum absolute atomic E-state index is 0.0161. The van der Waals surface area contributed by atoms with Crippen molar-refractivity contribution in [3.8, 4) is 10.4 Å². The fourth-order valence-electron chi connectivity index (χ4n) is 1.52. The molecule has 0 saturated carbocycles. The number of rotatable bonds is 2. The number of nitrogens with zero attached hydrogens (tertiary/aromatic N) is 1. The Hall–Kier alpha value is -1.19. The molecule has 4 heteroatoms. The summed E-state index contributed by atoms with van der Waals surface area (Å²) in [6.45, 7) is 3.47. The second-order valence-electron chi connectivity index (χ2n) is 3.52. The van der Waals surface area contributed by atoms with E-state index in [1.807, 2.05) is 19.1 Å². The summed E-state index contributed by atoms with van der Waals surface area (Å²) >= 11 is 7.63. The number of Topliss-reactive ketones (excluding diaryl/α,β-unsaturated/α-hetero) is 1. The number of ketones is 1. The number of thiazole rings is 1. The normalized spacial score (nSPS) is 10.4. The average Bonchev–Trinajstić information content (AvgIpc) is 2.63. The van der Waals surface area contributed by atoms with E-state index in [0.717, 1.165) is 16.1 Å². The van der Waals surface area contributed by atoms with Gasteiger partial charge in [-0.25, -0.2) is 4.98 Å². The first-order valence-corrected chi connectivity index (χ1v) is 6.06. The van der Waals surface area contributed by atoms with Crippen molar-refractivity contribution in [2.45, 2.75) is 13.8 Å². The van der Waals surface area contributed by atoms with Gasteiger partial charge in [-0.2, -0.15) is 0 Å². The van der Waals surface area contributed by atoms with Crippen molar-refractivity contribution in [2.24, 2.45) is 0 Å². The summed E-state index contributed by atoms with van der Waals surface area (Å²) in [6, 6.07) is 5.49. The number of hydrogen-bond acceptors (Lipinski definition) is 3. The third kappa shape index (κ3) is 2.01. The number of aryl methyl sites for hydroxylation is 1. The summed E-state index contributed by atoms with van der Waals surface area (Å²) in [4.78, 5) is 16.5. The van der Waals surface area contributed by atoms with Gasteiger partial charge in [0.05, 0.1) is 21.1 Å². The number of aromatic nitrogens is 1. The molecule has 0 N–H and O–H groups in total. The van der Waals surface area contributed by atoms with Crippen LogP contribution in [0, 0.1) is 6.92 Å². The molecule has 0 amide bonds. The van der Waals surface area contributed by atoms with E-state index in [1.54, 1.807) is 22.9 Å². The van der Waals surface area contributed by atoms with Crippen molar-refractivity contribution in [1.82, 2.24) is 4.98 Å². The first-order valence-electron chi connectivity index (χ1n) is 4.80. The summed E-state index contributed by atoms with van der Waals surface area (Å²) in [6.07, 6.45) is 0. The van der Waals surface area contributed by atoms with Crippen molar-refractivity contribution in [3.63, 3.8) is 0 Å². The number of carbonyl (C=O) groups is 1. The number of benzene rings is 1. The van der Waals surface area contributed by atoms with Crippen molar-refractivity contribution < 1.29 is 4.79 Å². The minimum atomic E-state index is -0.0161. The molecule has 0 radical (unpaired) electrons. The van der Waals surface area contributed by atoms with Gasteiger partial charge in [-0.15, -0.1) is 11.3 Å². The lowest BCUT2D eigenvalue weighted by Gasteiger charge is -2.03. The largest absolute Gasteiger partial charge is 0.294 e. The lowest BCUT2D eigenvalue weighted by molar-refractivity contribution is 0.101. The molecule has 0 atom stereocenters. The van der Waals surface area contributed by atoms with Crippen LogP contribution < -0.4 is 0 Å². The van der Waals surface area contributed by atoms with Gasteiger partial charge in [0.2, 0.25) is 0 Å². The van der Waals surface area contributed by atoms with Gasteiger partial charge < -0.3 is 0 Å². The van der Waals surface area contributed by atoms with Crippen LogP contribution in [0.4, 0.5) is 0 Å². The van der Waals surface area contributed by atoms with E-state index in [4.69, 9.17) is 11.6 Å². The third-order valence-electron chi connectivity index (χ3n) is 2.36. The van der Waals surface area contributed by atoms with E-state index in [1.165, 1.54) is 6.92 Å². The zero-order valence-corrected chi connectivity index (χ0v) is 10.5. The first kappa shape index (κ1) is 11.3. The Bertz CT molecular complexity index is 548. The van der Waals surface area contributed by atoms with E-state index in [2.05, 4.69) is 4.98 Å². The first-order chi connectivity index (χ1) is 7.59. The van der Waals surface area contributed by atoms with Crippen LogP contribution in [0.3, 0.4) is 0 Å². The molecule has 0 fully saturated rings. The van der Waals surface area contributed by atoms with Crippen molar-refractivity contribution >= 4 is 28.7 Å². The van der Waals surface area contributed by atoms with E-state index in [9.17, 15) is 4.79 Å². The molecule has 2 nitrogen and oxygen atoms in total. The Balaban J connectivity index is 2.50. The van der Waals surface area contributed by atoms with Crippen LogP contribution in [0.5, 0.6) is 0 Å². The highest BCUT2D eigenvalue weighted by molar-refractivity contribution is 7.13. The monoisotopic (exact) mass is 251 g/mol. The third-order valence-corrected chi connectivity index (χ3v) is 3.65. The second-order valence-corrected chi connectivity index (χ2v) is 4.78. The van der Waals surface area contributed by atoms with Gasteiger partial charge in [0, 0.05) is 5.56 Å². The molecule has 1 aromatic carbocycles. The molecule has 0 bridgehead atoms. The summed E-state index contributed by atoms with van der Waals surface area (Å²) in [5, 5.41) is 0.498. The van der Waals surface area contributed by atoms with Crippen LogP contribution in [0.1, 0.15) is 23.0 Å². The molecule has 0 aliphatic carbocycles. The molecular weight excluding hydrogens is 242 g/mol. The number of halogens is 1. The zero-order chi connectivity index (χ0) is 11.7. The molecule has 0 aliphatic rings. The number of carbonyl (C=O) groups excluding carboxylic acids is 1. The quantitative estimate of drug-likeness (QED) is 0.756. The Kier molecular flexibility index (Phi) is 3.08. The smallest absolute Gasteiger partial charge is 0.161 e. The van der Waals surface area contributed by atoms with Gasteiger partial charge in [0.1, 0.15) is 0 Å². The lowest BCUT2D eigenvalue weighted by atomic mass is 10.1. The molecular formula is C12H10ClNOS. The van der Waals surface area contributed by atoms with Crippen LogP contribution in [-0.4, -0.2) is 10.8 Å². The van der Waals surface area contributed by atoms with Crippen molar-refractivity contribution in [1.29, 1.82) is 0 Å². The van der Waals surface area contributed by atoms with E-state index < -0.39 is 0 Å². The maximum absolute atomic E-state index is 11.2. The van der Waals surface area contributed by atoms with E-state index in [-0.39, 0.29) is 5.78 Å². The summed E-state index contributed by atoms with van der Waals surface area (Å²) in [7, 11) is 0. The van der Waals surface area contributed by atoms with Gasteiger partial charge >= 0.3 is 0 Å². The van der Waals surface area contributed by atoms with E-state index >= 15 is 0 Å². The molecule has 16 heavy (non-hydrogen) atoms. The molecule has 1 heterocycles. The van der Waals surface area contributed by atoms with Gasteiger partial charge in [0.15, 0.2) is 5.78 Å². The number of hydrogen-bond donors (Lipinski definition) is 0. The Morgan fingerprint density at radius 3 is 2.69 bits per heavy atom. The van der Waals surface area contributed by atoms with Gasteiger partial charge in [0.25, 0.3) is 0 Å². The predicted molar refractivity (Wildman–Crippen MR) is 67.3 cm³/mol. The second kappa shape index (κ2) is 4.36. The summed E-state index contributed by atoms with van der Waals surface area (Å²) in [5.41, 5.74) is 4.36. The van der Waals surface area contributed by atoms with Gasteiger partial charge in [-0.3, -0.25) is 4.79 Å². The Labute approximate surface area is 103 Å². The lowest BCUT2D eigenvalue weighted by Crippen LogP contribution is -1.93. The minimum Gasteiger partial charge on any atom is -0.294 e. The molecule has 2 aromatic rings. The molecule has 82 valence electrons. The molecule has 0 spiro atoms. The van der Waals surface area contributed by atoms with Crippen LogP contribution in [0.2, 0.25) is 5.02 Å². The summed E-state index contributed by atoms with van der Waals surface area (Å²) < 4.78 is 0. The summed E-state index contributed by atoms with van der Waals surface area (Å²) in [5.74, 6) is -0.0161.